The summed E-state index contributed by atoms with van der Waals surface area (Å²) < 4.78 is 65.6. The van der Waals surface area contributed by atoms with E-state index in [1.807, 2.05) is 0 Å². The summed E-state index contributed by atoms with van der Waals surface area (Å²) in [5.41, 5.74) is 8.56. The van der Waals surface area contributed by atoms with Gasteiger partial charge in [-0.3, -0.25) is 13.9 Å². The quantitative estimate of drug-likeness (QED) is 0.118. The summed E-state index contributed by atoms with van der Waals surface area (Å²) in [7, 11) is -9.54. The molecule has 11 nitrogen and oxygen atoms in total. The SMILES string of the molecule is Cc1cc(NC(=O)c2ccc(N)cc2)ccc1N=Nc1ccc2cc(S(=O)(=O)O)cc(S(=O)(=O)O)c2c1.[Na+]. The number of rotatable bonds is 6. The van der Waals surface area contributed by atoms with Crippen molar-refractivity contribution >= 4 is 59.7 Å². The summed E-state index contributed by atoms with van der Waals surface area (Å²) in [6, 6.07) is 17.4. The molecule has 0 saturated heterocycles. The molecule has 4 aromatic rings. The first-order valence-electron chi connectivity index (χ1n) is 10.5. The zero-order valence-electron chi connectivity index (χ0n) is 20.2. The third kappa shape index (κ3) is 6.82. The van der Waals surface area contributed by atoms with Gasteiger partial charge in [-0.25, -0.2) is 0 Å². The van der Waals surface area contributed by atoms with Crippen molar-refractivity contribution in [2.45, 2.75) is 16.7 Å². The second-order valence-corrected chi connectivity index (χ2v) is 10.9. The van der Waals surface area contributed by atoms with Gasteiger partial charge in [0.05, 0.1) is 16.3 Å². The Morgan fingerprint density at radius 3 is 2.13 bits per heavy atom. The molecular formula is C24H20N4NaO7S2+. The van der Waals surface area contributed by atoms with Gasteiger partial charge in [-0.1, -0.05) is 6.07 Å². The number of nitrogen functional groups attached to an aromatic ring is 1. The van der Waals surface area contributed by atoms with Gasteiger partial charge >= 0.3 is 29.6 Å². The van der Waals surface area contributed by atoms with Crippen LogP contribution < -0.4 is 40.6 Å². The van der Waals surface area contributed by atoms with Gasteiger partial charge in [0.25, 0.3) is 26.1 Å². The number of nitrogens with one attached hydrogen (secondary N) is 1. The fourth-order valence-corrected chi connectivity index (χ4v) is 4.85. The maximum absolute atomic E-state index is 12.4. The maximum atomic E-state index is 12.4. The standard InChI is InChI=1S/C24H20N4O7S2.Na/c1-14-10-18(26-24(29)15-2-5-17(25)6-3-15)8-9-22(14)28-27-19-7-4-16-11-20(36(30,31)32)13-23(21(16)12-19)37(33,34)35;/h2-13H,25H2,1H3,(H,26,29)(H,30,31,32)(H,33,34,35);/q;+1. The van der Waals surface area contributed by atoms with Crippen molar-refractivity contribution < 1.29 is 60.3 Å². The summed E-state index contributed by atoms with van der Waals surface area (Å²) in [6.45, 7) is 1.76. The topological polar surface area (TPSA) is 189 Å². The van der Waals surface area contributed by atoms with Crippen molar-refractivity contribution in [1.82, 2.24) is 0 Å². The van der Waals surface area contributed by atoms with Crippen LogP contribution in [-0.2, 0) is 20.2 Å². The van der Waals surface area contributed by atoms with E-state index in [9.17, 15) is 30.7 Å². The van der Waals surface area contributed by atoms with Crippen LogP contribution in [0.1, 0.15) is 15.9 Å². The van der Waals surface area contributed by atoms with Crippen molar-refractivity contribution in [2.75, 3.05) is 11.1 Å². The minimum Gasteiger partial charge on any atom is -0.399 e. The first-order valence-corrected chi connectivity index (χ1v) is 13.4. The van der Waals surface area contributed by atoms with Crippen molar-refractivity contribution in [3.05, 3.63) is 83.9 Å². The van der Waals surface area contributed by atoms with Crippen LogP contribution in [0.5, 0.6) is 0 Å². The van der Waals surface area contributed by atoms with E-state index in [2.05, 4.69) is 15.5 Å². The van der Waals surface area contributed by atoms with E-state index in [1.165, 1.54) is 18.2 Å². The van der Waals surface area contributed by atoms with Gasteiger partial charge in [0.15, 0.2) is 0 Å². The summed E-state index contributed by atoms with van der Waals surface area (Å²) in [5, 5.41) is 11.2. The van der Waals surface area contributed by atoms with Crippen LogP contribution in [0.2, 0.25) is 0 Å². The van der Waals surface area contributed by atoms with Gasteiger partial charge in [0.2, 0.25) is 0 Å². The van der Waals surface area contributed by atoms with Crippen LogP contribution in [0, 0.1) is 6.92 Å². The van der Waals surface area contributed by atoms with E-state index < -0.39 is 30.0 Å². The number of azo groups is 1. The Morgan fingerprint density at radius 1 is 0.842 bits per heavy atom. The molecule has 0 aliphatic carbocycles. The smallest absolute Gasteiger partial charge is 0.399 e. The van der Waals surface area contributed by atoms with E-state index in [1.54, 1.807) is 49.4 Å². The first-order chi connectivity index (χ1) is 17.3. The molecule has 0 spiro atoms. The summed E-state index contributed by atoms with van der Waals surface area (Å²) in [6.07, 6.45) is 0. The predicted octanol–water partition coefficient (Wildman–Crippen LogP) is 1.90. The molecule has 0 fully saturated rings. The third-order valence-corrected chi connectivity index (χ3v) is 7.07. The van der Waals surface area contributed by atoms with E-state index in [-0.39, 0.29) is 51.9 Å². The van der Waals surface area contributed by atoms with E-state index in [4.69, 9.17) is 5.73 Å². The molecule has 4 aromatic carbocycles. The Balaban J connectivity index is 0.00000400. The molecule has 0 radical (unpaired) electrons. The minimum absolute atomic E-state index is 0. The number of hydrogen-bond acceptors (Lipinski definition) is 8. The number of amides is 1. The normalized spacial score (nSPS) is 11.9. The molecule has 0 aliphatic rings. The Kier molecular flexibility index (Phi) is 8.73. The molecule has 190 valence electrons. The van der Waals surface area contributed by atoms with Gasteiger partial charge in [-0.05, 0) is 84.6 Å². The fourth-order valence-electron chi connectivity index (χ4n) is 3.50. The number of hydrogen-bond donors (Lipinski definition) is 4. The molecule has 0 unspecified atom stereocenters. The summed E-state index contributed by atoms with van der Waals surface area (Å²) in [5.74, 6) is -0.309. The first kappa shape index (κ1) is 29.4. The minimum atomic E-state index is -4.83. The third-order valence-electron chi connectivity index (χ3n) is 5.35. The number of carbonyl (C=O) groups is 1. The Hall–Kier alpha value is -3.17. The summed E-state index contributed by atoms with van der Waals surface area (Å²) in [4.78, 5) is 11.0. The molecule has 14 heteroatoms. The van der Waals surface area contributed by atoms with E-state index in [0.717, 1.165) is 6.07 Å². The maximum Gasteiger partial charge on any atom is 1.00 e. The molecule has 0 aliphatic heterocycles. The molecule has 1 amide bonds. The van der Waals surface area contributed by atoms with E-state index in [0.29, 0.717) is 34.3 Å². The summed E-state index contributed by atoms with van der Waals surface area (Å²) >= 11 is 0. The molecular weight excluding hydrogens is 543 g/mol. The zero-order chi connectivity index (χ0) is 27.0. The zero-order valence-corrected chi connectivity index (χ0v) is 23.8. The van der Waals surface area contributed by atoms with Crippen molar-refractivity contribution in [3.8, 4) is 0 Å². The van der Waals surface area contributed by atoms with Gasteiger partial charge < -0.3 is 11.1 Å². The number of carbonyl (C=O) groups excluding carboxylic acids is 1. The molecule has 0 bridgehead atoms. The molecule has 0 saturated carbocycles. The van der Waals surface area contributed by atoms with Crippen LogP contribution in [-0.4, -0.2) is 31.8 Å². The molecule has 0 heterocycles. The number of benzene rings is 4. The largest absolute Gasteiger partial charge is 1.00 e. The van der Waals surface area contributed by atoms with Crippen LogP contribution >= 0.6 is 0 Å². The van der Waals surface area contributed by atoms with Crippen molar-refractivity contribution in [2.24, 2.45) is 10.2 Å². The Bertz CT molecular complexity index is 1790. The molecule has 38 heavy (non-hydrogen) atoms. The van der Waals surface area contributed by atoms with Crippen LogP contribution in [0.15, 0.2) is 92.8 Å². The average Bonchev–Trinajstić information content (AvgIpc) is 2.82. The van der Waals surface area contributed by atoms with Gasteiger partial charge in [-0.2, -0.15) is 27.1 Å². The average molecular weight is 564 g/mol. The Morgan fingerprint density at radius 2 is 1.53 bits per heavy atom. The van der Waals surface area contributed by atoms with Gasteiger partial charge in [0.1, 0.15) is 4.90 Å². The monoisotopic (exact) mass is 563 g/mol. The molecule has 0 aromatic heterocycles. The second-order valence-electron chi connectivity index (χ2n) is 8.05. The predicted molar refractivity (Wildman–Crippen MR) is 138 cm³/mol. The number of aryl methyl sites for hydroxylation is 1. The fraction of sp³-hybridized carbons (Fsp3) is 0.0417. The van der Waals surface area contributed by atoms with Gasteiger partial charge in [0, 0.05) is 22.3 Å². The van der Waals surface area contributed by atoms with Crippen LogP contribution in [0.4, 0.5) is 22.7 Å². The molecule has 0 atom stereocenters. The van der Waals surface area contributed by atoms with Crippen LogP contribution in [0.3, 0.4) is 0 Å². The Labute approximate surface area is 240 Å². The molecule has 5 N–H and O–H groups in total. The second kappa shape index (κ2) is 11.3. The van der Waals surface area contributed by atoms with Crippen molar-refractivity contribution in [1.29, 1.82) is 0 Å². The number of fused-ring (bicyclic) bond motifs is 1. The van der Waals surface area contributed by atoms with Crippen molar-refractivity contribution in [3.63, 3.8) is 0 Å². The number of nitrogens with zero attached hydrogens (tertiary/aromatic N) is 2. The van der Waals surface area contributed by atoms with Crippen LogP contribution in [0.25, 0.3) is 10.8 Å². The molecule has 4 rings (SSSR count). The van der Waals surface area contributed by atoms with E-state index >= 15 is 0 Å². The number of nitrogens with two attached hydrogens (primary N) is 1. The number of anilines is 2. The van der Waals surface area contributed by atoms with Gasteiger partial charge in [-0.15, -0.1) is 0 Å².